The summed E-state index contributed by atoms with van der Waals surface area (Å²) in [7, 11) is 0. The zero-order chi connectivity index (χ0) is 19.6. The predicted molar refractivity (Wildman–Crippen MR) is 107 cm³/mol. The van der Waals surface area contributed by atoms with Crippen molar-refractivity contribution in [1.29, 1.82) is 0 Å². The van der Waals surface area contributed by atoms with Gasteiger partial charge in [0.2, 0.25) is 17.7 Å². The van der Waals surface area contributed by atoms with Crippen molar-refractivity contribution < 1.29 is 13.9 Å². The van der Waals surface area contributed by atoms with Crippen LogP contribution in [0.15, 0.2) is 59.0 Å². The summed E-state index contributed by atoms with van der Waals surface area (Å²) in [6.45, 7) is 3.30. The lowest BCUT2D eigenvalue weighted by molar-refractivity contribution is -0.121. The first-order valence-corrected chi connectivity index (χ1v) is 9.55. The fraction of sp³-hybridized carbons (Fsp3) is 0.318. The number of hydrogen-bond donors (Lipinski definition) is 1. The van der Waals surface area contributed by atoms with Crippen molar-refractivity contribution in [2.45, 2.75) is 32.6 Å². The summed E-state index contributed by atoms with van der Waals surface area (Å²) in [5, 5.41) is 11.0. The first kappa shape index (κ1) is 19.6. The van der Waals surface area contributed by atoms with Crippen LogP contribution in [0, 0.1) is 6.92 Å². The van der Waals surface area contributed by atoms with Gasteiger partial charge in [-0.25, -0.2) is 0 Å². The summed E-state index contributed by atoms with van der Waals surface area (Å²) >= 11 is 0. The third-order valence-electron chi connectivity index (χ3n) is 4.24. The van der Waals surface area contributed by atoms with Crippen LogP contribution in [-0.4, -0.2) is 29.3 Å². The fourth-order valence-electron chi connectivity index (χ4n) is 2.64. The van der Waals surface area contributed by atoms with Crippen LogP contribution in [0.1, 0.15) is 30.7 Å². The molecule has 2 aromatic carbocycles. The minimum absolute atomic E-state index is 0.0148. The third kappa shape index (κ3) is 6.23. The molecule has 0 atom stereocenters. The number of aromatic nitrogens is 2. The van der Waals surface area contributed by atoms with E-state index >= 15 is 0 Å². The Morgan fingerprint density at radius 3 is 2.61 bits per heavy atom. The van der Waals surface area contributed by atoms with Gasteiger partial charge in [0.25, 0.3) is 0 Å². The largest absolute Gasteiger partial charge is 0.494 e. The number of ether oxygens (including phenoxy) is 1. The lowest BCUT2D eigenvalue weighted by Gasteiger charge is -2.06. The van der Waals surface area contributed by atoms with E-state index in [9.17, 15) is 4.79 Å². The topological polar surface area (TPSA) is 77.2 Å². The van der Waals surface area contributed by atoms with E-state index < -0.39 is 0 Å². The standard InChI is InChI=1S/C22H25N3O3/c1-17-9-11-18(12-10-17)22-25-24-21(28-22)14-13-20(26)23-15-5-6-16-27-19-7-3-2-4-8-19/h2-4,7-12H,5-6,13-16H2,1H3,(H,23,26). The van der Waals surface area contributed by atoms with Crippen molar-refractivity contribution in [3.63, 3.8) is 0 Å². The van der Waals surface area contributed by atoms with Crippen LogP contribution in [0.3, 0.4) is 0 Å². The molecule has 1 aromatic heterocycles. The average molecular weight is 379 g/mol. The average Bonchev–Trinajstić information content (AvgIpc) is 3.19. The Balaban J connectivity index is 1.30. The van der Waals surface area contributed by atoms with Gasteiger partial charge in [0.05, 0.1) is 6.61 Å². The predicted octanol–water partition coefficient (Wildman–Crippen LogP) is 3.95. The maximum Gasteiger partial charge on any atom is 0.247 e. The molecule has 0 radical (unpaired) electrons. The maximum absolute atomic E-state index is 12.0. The molecule has 0 saturated carbocycles. The van der Waals surface area contributed by atoms with E-state index in [1.807, 2.05) is 61.5 Å². The molecule has 0 aliphatic heterocycles. The van der Waals surface area contributed by atoms with Crippen LogP contribution in [0.4, 0.5) is 0 Å². The van der Waals surface area contributed by atoms with Crippen molar-refractivity contribution in [3.05, 3.63) is 66.1 Å². The molecular weight excluding hydrogens is 354 g/mol. The van der Waals surface area contributed by atoms with Crippen LogP contribution in [0.5, 0.6) is 5.75 Å². The van der Waals surface area contributed by atoms with Gasteiger partial charge in [0, 0.05) is 24.9 Å². The Kier molecular flexibility index (Phi) is 7.18. The Hall–Kier alpha value is -3.15. The summed E-state index contributed by atoms with van der Waals surface area (Å²) in [6, 6.07) is 17.6. The normalized spacial score (nSPS) is 10.6. The van der Waals surface area contributed by atoms with Gasteiger partial charge in [0.15, 0.2) is 0 Å². The molecule has 0 bridgehead atoms. The van der Waals surface area contributed by atoms with Gasteiger partial charge in [0.1, 0.15) is 5.75 Å². The van der Waals surface area contributed by atoms with Crippen molar-refractivity contribution in [2.75, 3.05) is 13.2 Å². The van der Waals surface area contributed by atoms with Crippen molar-refractivity contribution >= 4 is 5.91 Å². The van der Waals surface area contributed by atoms with E-state index in [0.717, 1.165) is 24.2 Å². The number of nitrogens with one attached hydrogen (secondary N) is 1. The number of aryl methyl sites for hydroxylation is 2. The molecule has 6 heteroatoms. The van der Waals surface area contributed by atoms with Crippen LogP contribution in [0.2, 0.25) is 0 Å². The van der Waals surface area contributed by atoms with Crippen LogP contribution in [0.25, 0.3) is 11.5 Å². The second kappa shape index (κ2) is 10.3. The van der Waals surface area contributed by atoms with Gasteiger partial charge in [-0.3, -0.25) is 4.79 Å². The molecule has 6 nitrogen and oxygen atoms in total. The lowest BCUT2D eigenvalue weighted by Crippen LogP contribution is -2.25. The molecule has 0 unspecified atom stereocenters. The summed E-state index contributed by atoms with van der Waals surface area (Å²) < 4.78 is 11.3. The molecule has 0 aliphatic rings. The van der Waals surface area contributed by atoms with E-state index in [2.05, 4.69) is 15.5 Å². The molecule has 1 heterocycles. The van der Waals surface area contributed by atoms with Gasteiger partial charge in [-0.2, -0.15) is 0 Å². The molecule has 28 heavy (non-hydrogen) atoms. The van der Waals surface area contributed by atoms with Crippen LogP contribution >= 0.6 is 0 Å². The molecule has 0 spiro atoms. The van der Waals surface area contributed by atoms with Gasteiger partial charge < -0.3 is 14.5 Å². The maximum atomic E-state index is 12.0. The Morgan fingerprint density at radius 2 is 1.82 bits per heavy atom. The SMILES string of the molecule is Cc1ccc(-c2nnc(CCC(=O)NCCCCOc3ccccc3)o2)cc1. The molecular formula is C22H25N3O3. The molecule has 1 amide bonds. The van der Waals surface area contributed by atoms with E-state index in [1.54, 1.807) is 0 Å². The minimum atomic E-state index is -0.0148. The number of carbonyl (C=O) groups excluding carboxylic acids is 1. The first-order valence-electron chi connectivity index (χ1n) is 9.55. The van der Waals surface area contributed by atoms with Gasteiger partial charge in [-0.05, 0) is 44.0 Å². The number of unbranched alkanes of at least 4 members (excludes halogenated alkanes) is 1. The molecule has 1 N–H and O–H groups in total. The second-order valence-corrected chi connectivity index (χ2v) is 6.59. The van der Waals surface area contributed by atoms with Gasteiger partial charge >= 0.3 is 0 Å². The zero-order valence-electron chi connectivity index (χ0n) is 16.1. The van der Waals surface area contributed by atoms with Crippen molar-refractivity contribution in [2.24, 2.45) is 0 Å². The molecule has 3 rings (SSSR count). The smallest absolute Gasteiger partial charge is 0.247 e. The molecule has 0 aliphatic carbocycles. The monoisotopic (exact) mass is 379 g/mol. The molecule has 0 fully saturated rings. The second-order valence-electron chi connectivity index (χ2n) is 6.59. The minimum Gasteiger partial charge on any atom is -0.494 e. The molecule has 3 aromatic rings. The number of para-hydroxylation sites is 1. The van der Waals surface area contributed by atoms with E-state index in [0.29, 0.717) is 37.8 Å². The lowest BCUT2D eigenvalue weighted by atomic mass is 10.1. The first-order chi connectivity index (χ1) is 13.7. The van der Waals surface area contributed by atoms with Crippen LogP contribution < -0.4 is 10.1 Å². The highest BCUT2D eigenvalue weighted by Crippen LogP contribution is 2.18. The Labute approximate surface area is 164 Å². The van der Waals surface area contributed by atoms with E-state index in [-0.39, 0.29) is 5.91 Å². The number of amides is 1. The zero-order valence-corrected chi connectivity index (χ0v) is 16.1. The number of carbonyl (C=O) groups is 1. The summed E-state index contributed by atoms with van der Waals surface area (Å²) in [5.74, 6) is 1.81. The fourth-order valence-corrected chi connectivity index (χ4v) is 2.64. The Morgan fingerprint density at radius 1 is 1.04 bits per heavy atom. The number of benzene rings is 2. The van der Waals surface area contributed by atoms with Crippen molar-refractivity contribution in [3.8, 4) is 17.2 Å². The summed E-state index contributed by atoms with van der Waals surface area (Å²) in [4.78, 5) is 12.0. The quantitative estimate of drug-likeness (QED) is 0.540. The highest BCUT2D eigenvalue weighted by molar-refractivity contribution is 5.75. The highest BCUT2D eigenvalue weighted by atomic mass is 16.5. The summed E-state index contributed by atoms with van der Waals surface area (Å²) in [6.07, 6.45) is 2.52. The molecule has 146 valence electrons. The van der Waals surface area contributed by atoms with E-state index in [1.165, 1.54) is 5.56 Å². The van der Waals surface area contributed by atoms with Gasteiger partial charge in [-0.1, -0.05) is 35.9 Å². The number of nitrogens with zero attached hydrogens (tertiary/aromatic N) is 2. The molecule has 0 saturated heterocycles. The highest BCUT2D eigenvalue weighted by Gasteiger charge is 2.10. The van der Waals surface area contributed by atoms with E-state index in [4.69, 9.17) is 9.15 Å². The summed E-state index contributed by atoms with van der Waals surface area (Å²) in [5.41, 5.74) is 2.05. The third-order valence-corrected chi connectivity index (χ3v) is 4.24. The number of rotatable bonds is 10. The van der Waals surface area contributed by atoms with Gasteiger partial charge in [-0.15, -0.1) is 10.2 Å². The number of hydrogen-bond acceptors (Lipinski definition) is 5. The van der Waals surface area contributed by atoms with Crippen molar-refractivity contribution in [1.82, 2.24) is 15.5 Å². The van der Waals surface area contributed by atoms with Crippen LogP contribution in [-0.2, 0) is 11.2 Å². The Bertz CT molecular complexity index is 860.